The van der Waals surface area contributed by atoms with Gasteiger partial charge in [-0.25, -0.2) is 0 Å². The van der Waals surface area contributed by atoms with Crippen molar-refractivity contribution >= 4 is 0 Å². The molecule has 84 valence electrons. The fourth-order valence-corrected chi connectivity index (χ4v) is 1.70. The minimum Gasteiger partial charge on any atom is -0.327 e. The van der Waals surface area contributed by atoms with E-state index in [2.05, 4.69) is 19.9 Å². The Balaban J connectivity index is 3.61. The van der Waals surface area contributed by atoms with Crippen molar-refractivity contribution in [1.29, 1.82) is 0 Å². The van der Waals surface area contributed by atoms with Gasteiger partial charge >= 0.3 is 0 Å². The van der Waals surface area contributed by atoms with Gasteiger partial charge in [0.1, 0.15) is 0 Å². The molecule has 2 N–H and O–H groups in total. The van der Waals surface area contributed by atoms with E-state index < -0.39 is 0 Å². The van der Waals surface area contributed by atoms with Crippen LogP contribution in [0.2, 0.25) is 0 Å². The van der Waals surface area contributed by atoms with E-state index in [0.717, 1.165) is 0 Å². The molecule has 0 unspecified atom stereocenters. The highest BCUT2D eigenvalue weighted by molar-refractivity contribution is 5.02. The van der Waals surface area contributed by atoms with Crippen molar-refractivity contribution in [1.82, 2.24) is 0 Å². The standard InChI is InChI=1S/C13H27N/c1-3-5-7-9-13(11-12-14)10-8-6-4-2/h11H,3-10,12,14H2,1-2H3. The van der Waals surface area contributed by atoms with Crippen molar-refractivity contribution < 1.29 is 0 Å². The van der Waals surface area contributed by atoms with Crippen molar-refractivity contribution in [3.8, 4) is 0 Å². The fourth-order valence-electron chi connectivity index (χ4n) is 1.70. The highest BCUT2D eigenvalue weighted by Crippen LogP contribution is 2.15. The molecular weight excluding hydrogens is 170 g/mol. The second kappa shape index (κ2) is 10.8. The van der Waals surface area contributed by atoms with Crippen LogP contribution in [0.3, 0.4) is 0 Å². The van der Waals surface area contributed by atoms with Crippen LogP contribution in [0.15, 0.2) is 11.6 Å². The SMILES string of the molecule is CCCCCC(=CCN)CCCCC. The van der Waals surface area contributed by atoms with Gasteiger partial charge < -0.3 is 5.73 Å². The van der Waals surface area contributed by atoms with E-state index in [1.54, 1.807) is 5.57 Å². The Bertz CT molecular complexity index is 126. The Morgan fingerprint density at radius 1 is 0.929 bits per heavy atom. The third-order valence-electron chi connectivity index (χ3n) is 2.61. The van der Waals surface area contributed by atoms with Gasteiger partial charge in [0.25, 0.3) is 0 Å². The molecule has 0 fully saturated rings. The molecule has 0 amide bonds. The fraction of sp³-hybridized carbons (Fsp3) is 0.846. The zero-order chi connectivity index (χ0) is 10.6. The van der Waals surface area contributed by atoms with Crippen LogP contribution in [0.25, 0.3) is 0 Å². The molecule has 0 radical (unpaired) electrons. The molecule has 0 aromatic heterocycles. The summed E-state index contributed by atoms with van der Waals surface area (Å²) in [5, 5.41) is 0. The van der Waals surface area contributed by atoms with Crippen LogP contribution in [-0.4, -0.2) is 6.54 Å². The highest BCUT2D eigenvalue weighted by atomic mass is 14.5. The average Bonchev–Trinajstić information content (AvgIpc) is 2.18. The van der Waals surface area contributed by atoms with E-state index >= 15 is 0 Å². The smallest absolute Gasteiger partial charge is 0.0109 e. The Hall–Kier alpha value is -0.300. The summed E-state index contributed by atoms with van der Waals surface area (Å²) in [7, 11) is 0. The van der Waals surface area contributed by atoms with Crippen LogP contribution < -0.4 is 5.73 Å². The maximum absolute atomic E-state index is 5.56. The molecule has 0 aliphatic carbocycles. The predicted octanol–water partition coefficient (Wildman–Crippen LogP) is 4.03. The Morgan fingerprint density at radius 3 is 1.79 bits per heavy atom. The largest absolute Gasteiger partial charge is 0.327 e. The lowest BCUT2D eigenvalue weighted by atomic mass is 10.0. The number of unbranched alkanes of at least 4 members (excludes halogenated alkanes) is 4. The maximum atomic E-state index is 5.56. The number of rotatable bonds is 9. The van der Waals surface area contributed by atoms with Gasteiger partial charge in [-0.1, -0.05) is 51.2 Å². The molecule has 0 aromatic carbocycles. The Labute approximate surface area is 89.8 Å². The Morgan fingerprint density at radius 2 is 1.43 bits per heavy atom. The monoisotopic (exact) mass is 197 g/mol. The molecule has 1 heteroatoms. The van der Waals surface area contributed by atoms with E-state index in [1.165, 1.54) is 51.4 Å². The van der Waals surface area contributed by atoms with Crippen LogP contribution in [0, 0.1) is 0 Å². The molecule has 0 bridgehead atoms. The summed E-state index contributed by atoms with van der Waals surface area (Å²) in [6, 6.07) is 0. The van der Waals surface area contributed by atoms with Crippen molar-refractivity contribution in [2.75, 3.05) is 6.54 Å². The van der Waals surface area contributed by atoms with Crippen molar-refractivity contribution in [3.05, 3.63) is 11.6 Å². The van der Waals surface area contributed by atoms with Gasteiger partial charge in [-0.15, -0.1) is 0 Å². The lowest BCUT2D eigenvalue weighted by Crippen LogP contribution is -1.96. The van der Waals surface area contributed by atoms with Crippen LogP contribution in [-0.2, 0) is 0 Å². The third-order valence-corrected chi connectivity index (χ3v) is 2.61. The highest BCUT2D eigenvalue weighted by Gasteiger charge is 1.97. The molecule has 1 nitrogen and oxygen atoms in total. The van der Waals surface area contributed by atoms with Crippen LogP contribution in [0.5, 0.6) is 0 Å². The third kappa shape index (κ3) is 8.31. The minimum atomic E-state index is 0.716. The molecular formula is C13H27N. The van der Waals surface area contributed by atoms with Crippen LogP contribution in [0.1, 0.15) is 65.2 Å². The maximum Gasteiger partial charge on any atom is 0.0109 e. The van der Waals surface area contributed by atoms with Gasteiger partial charge in [0, 0.05) is 6.54 Å². The molecule has 0 aromatic rings. The van der Waals surface area contributed by atoms with Crippen LogP contribution >= 0.6 is 0 Å². The van der Waals surface area contributed by atoms with E-state index in [4.69, 9.17) is 5.73 Å². The van der Waals surface area contributed by atoms with Crippen molar-refractivity contribution in [3.63, 3.8) is 0 Å². The zero-order valence-electron chi connectivity index (χ0n) is 10.0. The second-order valence-electron chi connectivity index (χ2n) is 4.01. The van der Waals surface area contributed by atoms with Crippen LogP contribution in [0.4, 0.5) is 0 Å². The minimum absolute atomic E-state index is 0.716. The van der Waals surface area contributed by atoms with Crippen molar-refractivity contribution in [2.24, 2.45) is 5.73 Å². The first-order chi connectivity index (χ1) is 6.85. The normalized spacial score (nSPS) is 10.2. The number of nitrogens with two attached hydrogens (primary N) is 1. The molecule has 0 saturated heterocycles. The molecule has 14 heavy (non-hydrogen) atoms. The predicted molar refractivity (Wildman–Crippen MR) is 65.4 cm³/mol. The Kier molecular flexibility index (Phi) is 10.5. The zero-order valence-corrected chi connectivity index (χ0v) is 10.0. The van der Waals surface area contributed by atoms with Crippen molar-refractivity contribution in [2.45, 2.75) is 65.2 Å². The number of allylic oxidation sites excluding steroid dienone is 1. The topological polar surface area (TPSA) is 26.0 Å². The second-order valence-corrected chi connectivity index (χ2v) is 4.01. The van der Waals surface area contributed by atoms with Gasteiger partial charge in [0.05, 0.1) is 0 Å². The molecule has 0 saturated carbocycles. The summed E-state index contributed by atoms with van der Waals surface area (Å²) in [5.74, 6) is 0. The van der Waals surface area contributed by atoms with Gasteiger partial charge in [-0.2, -0.15) is 0 Å². The molecule has 0 heterocycles. The van der Waals surface area contributed by atoms with E-state index in [0.29, 0.717) is 6.54 Å². The van der Waals surface area contributed by atoms with Gasteiger partial charge in [-0.3, -0.25) is 0 Å². The molecule has 0 rings (SSSR count). The van der Waals surface area contributed by atoms with E-state index in [9.17, 15) is 0 Å². The summed E-state index contributed by atoms with van der Waals surface area (Å²) in [4.78, 5) is 0. The summed E-state index contributed by atoms with van der Waals surface area (Å²) < 4.78 is 0. The first-order valence-corrected chi connectivity index (χ1v) is 6.23. The lowest BCUT2D eigenvalue weighted by Gasteiger charge is -2.06. The first kappa shape index (κ1) is 13.7. The molecule has 0 spiro atoms. The first-order valence-electron chi connectivity index (χ1n) is 6.23. The van der Waals surface area contributed by atoms with Gasteiger partial charge in [-0.05, 0) is 25.7 Å². The van der Waals surface area contributed by atoms with Gasteiger partial charge in [0.15, 0.2) is 0 Å². The summed E-state index contributed by atoms with van der Waals surface area (Å²) >= 11 is 0. The summed E-state index contributed by atoms with van der Waals surface area (Å²) in [6.07, 6.45) is 12.8. The van der Waals surface area contributed by atoms with Gasteiger partial charge in [0.2, 0.25) is 0 Å². The summed E-state index contributed by atoms with van der Waals surface area (Å²) in [6.45, 7) is 5.22. The lowest BCUT2D eigenvalue weighted by molar-refractivity contribution is 0.657. The summed E-state index contributed by atoms with van der Waals surface area (Å²) in [5.41, 5.74) is 7.15. The van der Waals surface area contributed by atoms with E-state index in [1.807, 2.05) is 0 Å². The number of hydrogen-bond acceptors (Lipinski definition) is 1. The average molecular weight is 197 g/mol. The van der Waals surface area contributed by atoms with E-state index in [-0.39, 0.29) is 0 Å². The number of hydrogen-bond donors (Lipinski definition) is 1. The molecule has 0 aliphatic heterocycles. The molecule has 0 atom stereocenters. The molecule has 0 aliphatic rings. The quantitative estimate of drug-likeness (QED) is 0.438.